The molecule has 2 heterocycles. The highest BCUT2D eigenvalue weighted by molar-refractivity contribution is 5.32. The second kappa shape index (κ2) is 6.71. The average molecular weight is 249 g/mol. The van der Waals surface area contributed by atoms with E-state index in [-0.39, 0.29) is 0 Å². The van der Waals surface area contributed by atoms with Gasteiger partial charge in [0.2, 0.25) is 0 Å². The molecule has 1 unspecified atom stereocenters. The maximum atomic E-state index is 5.74. The number of hydrogen-bond donors (Lipinski definition) is 2. The molecule has 1 aromatic rings. The SMILES string of the molecule is CCNC(Cc1ccnc(N)c1)C1CCOCC1. The molecule has 0 bridgehead atoms. The van der Waals surface area contributed by atoms with E-state index in [0.29, 0.717) is 17.8 Å². The zero-order valence-electron chi connectivity index (χ0n) is 11.1. The van der Waals surface area contributed by atoms with Gasteiger partial charge in [0.25, 0.3) is 0 Å². The van der Waals surface area contributed by atoms with Gasteiger partial charge in [-0.2, -0.15) is 0 Å². The molecule has 1 saturated heterocycles. The fourth-order valence-electron chi connectivity index (χ4n) is 2.66. The van der Waals surface area contributed by atoms with E-state index in [2.05, 4.69) is 23.3 Å². The molecule has 1 fully saturated rings. The Morgan fingerprint density at radius 2 is 2.28 bits per heavy atom. The van der Waals surface area contributed by atoms with Crippen LogP contribution < -0.4 is 11.1 Å². The van der Waals surface area contributed by atoms with Crippen molar-refractivity contribution in [3.63, 3.8) is 0 Å². The van der Waals surface area contributed by atoms with Gasteiger partial charge in [0.1, 0.15) is 5.82 Å². The summed E-state index contributed by atoms with van der Waals surface area (Å²) in [7, 11) is 0. The Morgan fingerprint density at radius 1 is 1.50 bits per heavy atom. The summed E-state index contributed by atoms with van der Waals surface area (Å²) in [6.07, 6.45) is 5.11. The third-order valence-electron chi connectivity index (χ3n) is 3.60. The molecular formula is C14H23N3O. The Hall–Kier alpha value is -1.13. The maximum absolute atomic E-state index is 5.74. The van der Waals surface area contributed by atoms with Crippen LogP contribution in [-0.4, -0.2) is 30.8 Å². The van der Waals surface area contributed by atoms with E-state index in [0.717, 1.165) is 39.0 Å². The van der Waals surface area contributed by atoms with Crippen molar-refractivity contribution in [3.05, 3.63) is 23.9 Å². The minimum absolute atomic E-state index is 0.515. The van der Waals surface area contributed by atoms with Crippen molar-refractivity contribution in [1.29, 1.82) is 0 Å². The topological polar surface area (TPSA) is 60.2 Å². The number of anilines is 1. The van der Waals surface area contributed by atoms with E-state index < -0.39 is 0 Å². The molecule has 0 amide bonds. The lowest BCUT2D eigenvalue weighted by Crippen LogP contribution is -2.40. The van der Waals surface area contributed by atoms with Crippen molar-refractivity contribution < 1.29 is 4.74 Å². The first-order chi connectivity index (χ1) is 8.79. The smallest absolute Gasteiger partial charge is 0.123 e. The van der Waals surface area contributed by atoms with E-state index in [9.17, 15) is 0 Å². The summed E-state index contributed by atoms with van der Waals surface area (Å²) in [4.78, 5) is 4.04. The number of likely N-dealkylation sites (N-methyl/N-ethyl adjacent to an activating group) is 1. The van der Waals surface area contributed by atoms with Crippen molar-refractivity contribution in [2.75, 3.05) is 25.5 Å². The summed E-state index contributed by atoms with van der Waals surface area (Å²) in [5, 5.41) is 3.60. The zero-order chi connectivity index (χ0) is 12.8. The zero-order valence-corrected chi connectivity index (χ0v) is 11.1. The number of nitrogens with two attached hydrogens (primary N) is 1. The first-order valence-corrected chi connectivity index (χ1v) is 6.81. The number of nitrogens with one attached hydrogen (secondary N) is 1. The lowest BCUT2D eigenvalue weighted by atomic mass is 9.88. The number of nitrogen functional groups attached to an aromatic ring is 1. The minimum Gasteiger partial charge on any atom is -0.384 e. The standard InChI is InChI=1S/C14H23N3O/c1-2-16-13(12-4-7-18-8-5-12)9-11-3-6-17-14(15)10-11/h3,6,10,12-13,16H,2,4-5,7-9H2,1H3,(H2,15,17). The Labute approximate surface area is 109 Å². The number of aromatic nitrogens is 1. The van der Waals surface area contributed by atoms with Gasteiger partial charge in [-0.25, -0.2) is 4.98 Å². The Kier molecular flexibility index (Phi) is 4.96. The number of pyridine rings is 1. The molecule has 1 aliphatic heterocycles. The van der Waals surface area contributed by atoms with Gasteiger partial charge in [-0.3, -0.25) is 0 Å². The van der Waals surface area contributed by atoms with E-state index in [1.165, 1.54) is 5.56 Å². The number of rotatable bonds is 5. The third-order valence-corrected chi connectivity index (χ3v) is 3.60. The van der Waals surface area contributed by atoms with E-state index in [1.54, 1.807) is 6.20 Å². The van der Waals surface area contributed by atoms with Crippen LogP contribution in [-0.2, 0) is 11.2 Å². The van der Waals surface area contributed by atoms with Gasteiger partial charge in [0.05, 0.1) is 0 Å². The molecule has 1 aliphatic rings. The number of nitrogens with zero attached hydrogens (tertiary/aromatic N) is 1. The molecule has 18 heavy (non-hydrogen) atoms. The minimum atomic E-state index is 0.515. The van der Waals surface area contributed by atoms with Gasteiger partial charge < -0.3 is 15.8 Å². The van der Waals surface area contributed by atoms with Crippen LogP contribution in [0.1, 0.15) is 25.3 Å². The molecule has 0 aromatic carbocycles. The van der Waals surface area contributed by atoms with Gasteiger partial charge in [-0.15, -0.1) is 0 Å². The normalized spacial score (nSPS) is 18.7. The average Bonchev–Trinajstić information content (AvgIpc) is 2.39. The number of hydrogen-bond acceptors (Lipinski definition) is 4. The van der Waals surface area contributed by atoms with Crippen LogP contribution in [0.3, 0.4) is 0 Å². The van der Waals surface area contributed by atoms with Crippen LogP contribution in [0.2, 0.25) is 0 Å². The highest BCUT2D eigenvalue weighted by Crippen LogP contribution is 2.21. The molecule has 0 radical (unpaired) electrons. The molecule has 4 nitrogen and oxygen atoms in total. The van der Waals surface area contributed by atoms with Crippen LogP contribution >= 0.6 is 0 Å². The predicted octanol–water partition coefficient (Wildman–Crippen LogP) is 1.61. The molecule has 1 atom stereocenters. The molecule has 3 N–H and O–H groups in total. The Morgan fingerprint density at radius 3 is 2.94 bits per heavy atom. The van der Waals surface area contributed by atoms with Crippen LogP contribution in [0.4, 0.5) is 5.82 Å². The molecule has 0 saturated carbocycles. The second-order valence-electron chi connectivity index (χ2n) is 4.91. The van der Waals surface area contributed by atoms with Crippen molar-refractivity contribution in [3.8, 4) is 0 Å². The van der Waals surface area contributed by atoms with E-state index in [4.69, 9.17) is 10.5 Å². The summed E-state index contributed by atoms with van der Waals surface area (Å²) in [5.41, 5.74) is 7.00. The lowest BCUT2D eigenvalue weighted by molar-refractivity contribution is 0.0540. The van der Waals surface area contributed by atoms with E-state index in [1.807, 2.05) is 6.07 Å². The van der Waals surface area contributed by atoms with Gasteiger partial charge in [-0.05, 0) is 49.4 Å². The highest BCUT2D eigenvalue weighted by atomic mass is 16.5. The largest absolute Gasteiger partial charge is 0.384 e. The lowest BCUT2D eigenvalue weighted by Gasteiger charge is -2.31. The molecule has 0 aliphatic carbocycles. The van der Waals surface area contributed by atoms with Crippen molar-refractivity contribution in [2.45, 2.75) is 32.2 Å². The van der Waals surface area contributed by atoms with Crippen LogP contribution in [0, 0.1) is 5.92 Å². The summed E-state index contributed by atoms with van der Waals surface area (Å²) in [6, 6.07) is 4.55. The summed E-state index contributed by atoms with van der Waals surface area (Å²) >= 11 is 0. The molecular weight excluding hydrogens is 226 g/mol. The summed E-state index contributed by atoms with van der Waals surface area (Å²) in [5.74, 6) is 1.31. The first-order valence-electron chi connectivity index (χ1n) is 6.81. The predicted molar refractivity (Wildman–Crippen MR) is 73.4 cm³/mol. The van der Waals surface area contributed by atoms with Crippen molar-refractivity contribution >= 4 is 5.82 Å². The molecule has 0 spiro atoms. The summed E-state index contributed by atoms with van der Waals surface area (Å²) < 4.78 is 5.44. The third kappa shape index (κ3) is 3.68. The molecule has 4 heteroatoms. The molecule has 1 aromatic heterocycles. The maximum Gasteiger partial charge on any atom is 0.123 e. The Balaban J connectivity index is 2.00. The van der Waals surface area contributed by atoms with E-state index >= 15 is 0 Å². The summed E-state index contributed by atoms with van der Waals surface area (Å²) in [6.45, 7) is 4.95. The fraction of sp³-hybridized carbons (Fsp3) is 0.643. The number of ether oxygens (including phenoxy) is 1. The van der Waals surface area contributed by atoms with Gasteiger partial charge in [0.15, 0.2) is 0 Å². The van der Waals surface area contributed by atoms with Crippen LogP contribution in [0.25, 0.3) is 0 Å². The van der Waals surface area contributed by atoms with Gasteiger partial charge >= 0.3 is 0 Å². The quantitative estimate of drug-likeness (QED) is 0.832. The van der Waals surface area contributed by atoms with Crippen molar-refractivity contribution in [1.82, 2.24) is 10.3 Å². The molecule has 2 rings (SSSR count). The van der Waals surface area contributed by atoms with Crippen molar-refractivity contribution in [2.24, 2.45) is 5.92 Å². The second-order valence-corrected chi connectivity index (χ2v) is 4.91. The first kappa shape index (κ1) is 13.3. The Bertz CT molecular complexity index is 364. The highest BCUT2D eigenvalue weighted by Gasteiger charge is 2.23. The fourth-order valence-corrected chi connectivity index (χ4v) is 2.66. The monoisotopic (exact) mass is 249 g/mol. The van der Waals surface area contributed by atoms with Gasteiger partial charge in [0, 0.05) is 25.5 Å². The van der Waals surface area contributed by atoms with Crippen LogP contribution in [0.5, 0.6) is 0 Å². The van der Waals surface area contributed by atoms with Crippen LogP contribution in [0.15, 0.2) is 18.3 Å². The van der Waals surface area contributed by atoms with Gasteiger partial charge in [-0.1, -0.05) is 6.92 Å². The molecule has 100 valence electrons.